The molecule has 0 heterocycles. The lowest BCUT2D eigenvalue weighted by molar-refractivity contribution is 0.0375. The molecule has 284 valence electrons. The molecule has 6 heteroatoms. The fourth-order valence-electron chi connectivity index (χ4n) is 1.32. The van der Waals surface area contributed by atoms with Crippen molar-refractivity contribution in [1.29, 1.82) is 0 Å². The molecule has 4 unspecified atom stereocenters. The Kier molecular flexibility index (Phi) is 242. The second-order valence-corrected chi connectivity index (χ2v) is 7.93. The van der Waals surface area contributed by atoms with Crippen molar-refractivity contribution in [1.82, 2.24) is 0 Å². The number of hydrogen-bond acceptors (Lipinski definition) is 2. The third-order valence-corrected chi connectivity index (χ3v) is 4.76. The molecule has 0 aliphatic carbocycles. The van der Waals surface area contributed by atoms with E-state index in [0.717, 1.165) is 32.1 Å². The minimum atomic E-state index is -0.648. The molecule has 0 bridgehead atoms. The van der Waals surface area contributed by atoms with Crippen LogP contribution >= 0.6 is 0 Å². The van der Waals surface area contributed by atoms with Crippen LogP contribution in [-0.4, -0.2) is 46.7 Å². The van der Waals surface area contributed by atoms with Crippen molar-refractivity contribution in [3.05, 3.63) is 0 Å². The van der Waals surface area contributed by atoms with E-state index in [2.05, 4.69) is 39.4 Å². The predicted octanol–water partition coefficient (Wildman–Crippen LogP) is 16.0. The number of ether oxygens (including phenoxy) is 2. The van der Waals surface area contributed by atoms with Crippen molar-refractivity contribution in [3.63, 3.8) is 0 Å². The van der Waals surface area contributed by atoms with Crippen LogP contribution in [0.25, 0.3) is 0 Å². The second kappa shape index (κ2) is 97.1. The molecule has 0 aromatic heterocycles. The van der Waals surface area contributed by atoms with Gasteiger partial charge in [0.15, 0.2) is 6.86 Å². The third-order valence-electron chi connectivity index (χ3n) is 4.76. The summed E-state index contributed by atoms with van der Waals surface area (Å²) in [5, 5.41) is 0. The zero-order valence-electron chi connectivity index (χ0n) is 21.1. The fraction of sp³-hybridized carbons (Fsp3) is 1.00. The van der Waals surface area contributed by atoms with Gasteiger partial charge in [0, 0.05) is 6.61 Å². The monoisotopic (exact) mass is 641 g/mol. The molecule has 0 aromatic carbocycles. The Labute approximate surface area is 273 Å². The van der Waals surface area contributed by atoms with Crippen LogP contribution < -0.4 is 0 Å². The van der Waals surface area contributed by atoms with Crippen molar-refractivity contribution in [3.8, 4) is 0 Å². The molecule has 0 saturated heterocycles. The minimum Gasteiger partial charge on any atom is -0.378 e. The predicted molar refractivity (Wildman–Crippen MR) is 204 cm³/mol. The summed E-state index contributed by atoms with van der Waals surface area (Å²) >= 11 is 0. The van der Waals surface area contributed by atoms with E-state index in [1.807, 2.05) is 20.8 Å². The summed E-state index contributed by atoms with van der Waals surface area (Å²) in [6.45, 7) is 16.5. The van der Waals surface area contributed by atoms with E-state index in [0.29, 0.717) is 31.0 Å². The molecule has 0 aliphatic rings. The van der Waals surface area contributed by atoms with Crippen LogP contribution in [0.3, 0.4) is 0 Å². The smallest absolute Gasteiger partial charge is 0.188 e. The molecular weight excluding hydrogens is 540 g/mol. The lowest BCUT2D eigenvalue weighted by atomic mass is 10.1. The molecule has 2 nitrogen and oxygen atoms in total. The zero-order chi connectivity index (χ0) is 24.2. The van der Waals surface area contributed by atoms with E-state index in [1.165, 1.54) is 0 Å². The maximum atomic E-state index is 11.4. The van der Waals surface area contributed by atoms with E-state index in [-0.39, 0.29) is 122 Å². The molecule has 0 spiro atoms. The molecule has 0 saturated carbocycles. The van der Waals surface area contributed by atoms with E-state index in [1.54, 1.807) is 0 Å². The van der Waals surface area contributed by atoms with Crippen molar-refractivity contribution < 1.29 is 27.0 Å². The van der Waals surface area contributed by atoms with Gasteiger partial charge >= 0.3 is 0 Å². The fourth-order valence-corrected chi connectivity index (χ4v) is 1.32. The standard InChI is InChI=1S/C7H15FO.C6H13FO.C6H13F.C5H11F.12CH4/c1-3-7(2)6-9-5-4-8;1-3-6(2)4-8-5-7;1-3-6(2)4-5-7;1-3-5(2)4-6;;;;;;;;;;;;/h7H,3-6H2,1-2H3;6H,3-5H2,1-2H3;6H,3-5H2,1-2H3;5H,3-4H2,1-2H3;12*1H4. The van der Waals surface area contributed by atoms with Gasteiger partial charge in [0.2, 0.25) is 0 Å². The van der Waals surface area contributed by atoms with E-state index in [4.69, 9.17) is 4.74 Å². The zero-order valence-corrected chi connectivity index (χ0v) is 21.1. The first-order chi connectivity index (χ1) is 14.2. The van der Waals surface area contributed by atoms with Crippen LogP contribution in [0.4, 0.5) is 17.6 Å². The van der Waals surface area contributed by atoms with Gasteiger partial charge in [0.05, 0.1) is 26.6 Å². The van der Waals surface area contributed by atoms with Crippen molar-refractivity contribution >= 4 is 0 Å². The number of hydrogen-bond donors (Lipinski definition) is 0. The summed E-state index contributed by atoms with van der Waals surface area (Å²) < 4.78 is 55.0. The molecule has 0 aromatic rings. The quantitative estimate of drug-likeness (QED) is 0.139. The van der Waals surface area contributed by atoms with E-state index < -0.39 is 6.86 Å². The second-order valence-electron chi connectivity index (χ2n) is 7.93. The summed E-state index contributed by atoms with van der Waals surface area (Å²) in [4.78, 5) is 0. The highest BCUT2D eigenvalue weighted by molar-refractivity contribution is 4.46. The molecule has 0 radical (unpaired) electrons. The Morgan fingerprint density at radius 2 is 0.738 bits per heavy atom. The highest BCUT2D eigenvalue weighted by atomic mass is 19.1. The van der Waals surface area contributed by atoms with Crippen LogP contribution in [0.5, 0.6) is 0 Å². The third kappa shape index (κ3) is 126. The molecule has 0 N–H and O–H groups in total. The van der Waals surface area contributed by atoms with Gasteiger partial charge in [0.1, 0.15) is 6.67 Å². The summed E-state index contributed by atoms with van der Waals surface area (Å²) in [7, 11) is 0. The van der Waals surface area contributed by atoms with E-state index >= 15 is 0 Å². The normalized spacial score (nSPS) is 10.0. The number of rotatable bonds is 14. The molecule has 0 rings (SSSR count). The van der Waals surface area contributed by atoms with Gasteiger partial charge in [-0.2, -0.15) is 0 Å². The maximum Gasteiger partial charge on any atom is 0.188 e. The average Bonchev–Trinajstić information content (AvgIpc) is 2.78. The maximum absolute atomic E-state index is 11.4. The Morgan fingerprint density at radius 3 is 0.905 bits per heavy atom. The molecule has 0 fully saturated rings. The highest BCUT2D eigenvalue weighted by Crippen LogP contribution is 2.05. The lowest BCUT2D eigenvalue weighted by Gasteiger charge is -2.06. The van der Waals surface area contributed by atoms with Gasteiger partial charge < -0.3 is 9.47 Å². The Morgan fingerprint density at radius 1 is 0.429 bits per heavy atom. The van der Waals surface area contributed by atoms with Gasteiger partial charge in [0.25, 0.3) is 0 Å². The molecular formula is C36H100F4O2. The van der Waals surface area contributed by atoms with Gasteiger partial charge in [-0.05, 0) is 30.1 Å². The Hall–Kier alpha value is -0.360. The van der Waals surface area contributed by atoms with Crippen molar-refractivity contribution in [2.24, 2.45) is 23.7 Å². The first-order valence-electron chi connectivity index (χ1n) is 11.6. The van der Waals surface area contributed by atoms with Gasteiger partial charge in [-0.3, -0.25) is 8.78 Å². The van der Waals surface area contributed by atoms with Gasteiger partial charge in [-0.15, -0.1) is 0 Å². The van der Waals surface area contributed by atoms with Crippen LogP contribution in [-0.2, 0) is 9.47 Å². The summed E-state index contributed by atoms with van der Waals surface area (Å²) in [6.07, 6.45) is 4.95. The summed E-state index contributed by atoms with van der Waals surface area (Å²) in [5.41, 5.74) is 0. The van der Waals surface area contributed by atoms with Gasteiger partial charge in [-0.25, -0.2) is 8.78 Å². The molecule has 0 aliphatic heterocycles. The largest absolute Gasteiger partial charge is 0.378 e. The van der Waals surface area contributed by atoms with Crippen molar-refractivity contribution in [2.75, 3.05) is 46.7 Å². The highest BCUT2D eigenvalue weighted by Gasteiger charge is 1.97. The van der Waals surface area contributed by atoms with Crippen LogP contribution in [0.15, 0.2) is 0 Å². The average molecular weight is 641 g/mol. The van der Waals surface area contributed by atoms with Crippen LogP contribution in [0.2, 0.25) is 0 Å². The molecule has 42 heavy (non-hydrogen) atoms. The molecule has 0 amide bonds. The summed E-state index contributed by atoms with van der Waals surface area (Å²) in [6, 6.07) is 0. The number of halogens is 4. The van der Waals surface area contributed by atoms with Gasteiger partial charge in [-0.1, -0.05) is 170 Å². The SMILES string of the molecule is C.C.C.C.C.C.C.C.C.C.C.C.CCC(C)CCF.CCC(C)CF.CCC(C)COCCF.CCC(C)COCF. The van der Waals surface area contributed by atoms with E-state index in [9.17, 15) is 17.6 Å². The van der Waals surface area contributed by atoms with Crippen LogP contribution in [0, 0.1) is 23.7 Å². The molecule has 4 atom stereocenters. The lowest BCUT2D eigenvalue weighted by Crippen LogP contribution is -2.06. The first-order valence-corrected chi connectivity index (χ1v) is 11.6. The topological polar surface area (TPSA) is 18.5 Å². The Balaban J connectivity index is -0.0000000141. The summed E-state index contributed by atoms with van der Waals surface area (Å²) in [5.74, 6) is 1.90. The van der Waals surface area contributed by atoms with Crippen molar-refractivity contribution in [2.45, 2.75) is 177 Å². The Bertz CT molecular complexity index is 271. The number of alkyl halides is 4. The first kappa shape index (κ1) is 105. The minimum absolute atomic E-state index is 0. The van der Waals surface area contributed by atoms with Crippen LogP contribution in [0.1, 0.15) is 177 Å².